The third-order valence-corrected chi connectivity index (χ3v) is 1.99. The number of nitrogens with one attached hydrogen (secondary N) is 1. The predicted molar refractivity (Wildman–Crippen MR) is 73.2 cm³/mol. The summed E-state index contributed by atoms with van der Waals surface area (Å²) in [4.78, 5) is 12.5. The fourth-order valence-electron chi connectivity index (χ4n) is 1.00. The summed E-state index contributed by atoms with van der Waals surface area (Å²) in [6, 6.07) is 0. The van der Waals surface area contributed by atoms with E-state index in [2.05, 4.69) is 31.1 Å². The molecule has 0 saturated carbocycles. The van der Waals surface area contributed by atoms with Crippen molar-refractivity contribution in [3.63, 3.8) is 0 Å². The first-order chi connectivity index (χ1) is 8.02. The molecule has 1 fully saturated rings. The van der Waals surface area contributed by atoms with E-state index >= 15 is 0 Å². The van der Waals surface area contributed by atoms with E-state index in [1.165, 1.54) is 6.92 Å². The standard InChI is InChI=1S/C6H13NO.C5H11NO.C2H6/c1-5(2)4-7-6(3)8;1-6-2-4-7-5-3-6;1-2/h5H,4H2,1-3H3,(H,7,8);2-5H2,1H3;1-2H3. The van der Waals surface area contributed by atoms with Crippen molar-refractivity contribution in [2.75, 3.05) is 39.9 Å². The first-order valence-corrected chi connectivity index (χ1v) is 6.53. The lowest BCUT2D eigenvalue weighted by Crippen LogP contribution is -2.32. The van der Waals surface area contributed by atoms with Crippen LogP contribution in [0.25, 0.3) is 0 Å². The van der Waals surface area contributed by atoms with E-state index in [0.29, 0.717) is 5.92 Å². The van der Waals surface area contributed by atoms with Gasteiger partial charge < -0.3 is 15.0 Å². The summed E-state index contributed by atoms with van der Waals surface area (Å²) >= 11 is 0. The molecule has 1 saturated heterocycles. The Hall–Kier alpha value is -0.610. The van der Waals surface area contributed by atoms with Crippen LogP contribution in [-0.4, -0.2) is 50.7 Å². The van der Waals surface area contributed by atoms with Crippen LogP contribution in [-0.2, 0) is 9.53 Å². The molecule has 0 unspecified atom stereocenters. The van der Waals surface area contributed by atoms with Crippen LogP contribution in [0.2, 0.25) is 0 Å². The van der Waals surface area contributed by atoms with Crippen LogP contribution in [0.5, 0.6) is 0 Å². The lowest BCUT2D eigenvalue weighted by Gasteiger charge is -2.21. The molecule has 0 aliphatic carbocycles. The average molecular weight is 246 g/mol. The fraction of sp³-hybridized carbons (Fsp3) is 0.923. The van der Waals surface area contributed by atoms with Crippen LogP contribution in [0.1, 0.15) is 34.6 Å². The lowest BCUT2D eigenvalue weighted by molar-refractivity contribution is -0.119. The number of morpholine rings is 1. The average Bonchev–Trinajstić information content (AvgIpc) is 2.31. The summed E-state index contributed by atoms with van der Waals surface area (Å²) in [5.74, 6) is 0.609. The van der Waals surface area contributed by atoms with Crippen LogP contribution in [0.3, 0.4) is 0 Å². The van der Waals surface area contributed by atoms with Gasteiger partial charge >= 0.3 is 0 Å². The maximum Gasteiger partial charge on any atom is 0.216 e. The van der Waals surface area contributed by atoms with Crippen LogP contribution in [0.4, 0.5) is 0 Å². The highest BCUT2D eigenvalue weighted by Crippen LogP contribution is 1.89. The van der Waals surface area contributed by atoms with Gasteiger partial charge in [0.15, 0.2) is 0 Å². The van der Waals surface area contributed by atoms with E-state index in [4.69, 9.17) is 4.74 Å². The largest absolute Gasteiger partial charge is 0.379 e. The molecule has 1 aliphatic rings. The molecular formula is C13H30N2O2. The first-order valence-electron chi connectivity index (χ1n) is 6.53. The van der Waals surface area contributed by atoms with Gasteiger partial charge in [-0.3, -0.25) is 4.79 Å². The molecule has 17 heavy (non-hydrogen) atoms. The monoisotopic (exact) mass is 246 g/mol. The predicted octanol–water partition coefficient (Wildman–Crippen LogP) is 1.75. The molecule has 0 radical (unpaired) electrons. The van der Waals surface area contributed by atoms with Crippen LogP contribution < -0.4 is 5.32 Å². The van der Waals surface area contributed by atoms with Gasteiger partial charge in [0.1, 0.15) is 0 Å². The van der Waals surface area contributed by atoms with Crippen molar-refractivity contribution in [2.24, 2.45) is 5.92 Å². The second kappa shape index (κ2) is 13.5. The van der Waals surface area contributed by atoms with Gasteiger partial charge in [-0.1, -0.05) is 27.7 Å². The van der Waals surface area contributed by atoms with E-state index in [1.807, 2.05) is 13.8 Å². The fourth-order valence-corrected chi connectivity index (χ4v) is 1.00. The Morgan fingerprint density at radius 1 is 1.29 bits per heavy atom. The van der Waals surface area contributed by atoms with Gasteiger partial charge in [0.2, 0.25) is 5.91 Å². The zero-order valence-corrected chi connectivity index (χ0v) is 12.4. The molecule has 0 bridgehead atoms. The van der Waals surface area contributed by atoms with E-state index < -0.39 is 0 Å². The maximum atomic E-state index is 10.2. The minimum Gasteiger partial charge on any atom is -0.379 e. The second-order valence-electron chi connectivity index (χ2n) is 4.25. The molecule has 0 atom stereocenters. The molecule has 0 aromatic rings. The molecule has 1 amide bonds. The van der Waals surface area contributed by atoms with E-state index in [-0.39, 0.29) is 5.91 Å². The number of ether oxygens (including phenoxy) is 1. The zero-order valence-electron chi connectivity index (χ0n) is 12.4. The first kappa shape index (κ1) is 18.7. The number of likely N-dealkylation sites (N-methyl/N-ethyl adjacent to an activating group) is 1. The number of amides is 1. The van der Waals surface area contributed by atoms with Crippen molar-refractivity contribution in [3.05, 3.63) is 0 Å². The number of nitrogens with zero attached hydrogens (tertiary/aromatic N) is 1. The molecular weight excluding hydrogens is 216 g/mol. The van der Waals surface area contributed by atoms with Gasteiger partial charge in [-0.15, -0.1) is 0 Å². The topological polar surface area (TPSA) is 41.6 Å². The number of carbonyl (C=O) groups excluding carboxylic acids is 1. The quantitative estimate of drug-likeness (QED) is 0.807. The third kappa shape index (κ3) is 18.0. The second-order valence-corrected chi connectivity index (χ2v) is 4.25. The smallest absolute Gasteiger partial charge is 0.216 e. The zero-order chi connectivity index (χ0) is 13.7. The maximum absolute atomic E-state index is 10.2. The Balaban J connectivity index is 0. The van der Waals surface area contributed by atoms with Crippen molar-refractivity contribution in [2.45, 2.75) is 34.6 Å². The molecule has 4 heteroatoms. The van der Waals surface area contributed by atoms with E-state index in [0.717, 1.165) is 32.8 Å². The Labute approximate surface area is 107 Å². The summed E-state index contributed by atoms with van der Waals surface area (Å²) in [6.45, 7) is 14.5. The van der Waals surface area contributed by atoms with Crippen LogP contribution in [0.15, 0.2) is 0 Å². The Morgan fingerprint density at radius 3 is 1.94 bits per heavy atom. The van der Waals surface area contributed by atoms with Crippen molar-refractivity contribution in [3.8, 4) is 0 Å². The van der Waals surface area contributed by atoms with Gasteiger partial charge in [-0.25, -0.2) is 0 Å². The molecule has 0 spiro atoms. The molecule has 1 aliphatic heterocycles. The summed E-state index contributed by atoms with van der Waals surface area (Å²) in [5.41, 5.74) is 0. The number of hydrogen-bond acceptors (Lipinski definition) is 3. The Kier molecular flexibility index (Phi) is 14.8. The summed E-state index contributed by atoms with van der Waals surface area (Å²) in [5, 5.41) is 2.71. The van der Waals surface area contributed by atoms with Gasteiger partial charge in [-0.2, -0.15) is 0 Å². The molecule has 1 rings (SSSR count). The molecule has 4 nitrogen and oxygen atoms in total. The number of hydrogen-bond donors (Lipinski definition) is 1. The Bertz CT molecular complexity index is 167. The van der Waals surface area contributed by atoms with Crippen LogP contribution >= 0.6 is 0 Å². The minimum atomic E-state index is 0.0544. The lowest BCUT2D eigenvalue weighted by atomic mass is 10.2. The van der Waals surface area contributed by atoms with Gasteiger partial charge in [0.25, 0.3) is 0 Å². The summed E-state index contributed by atoms with van der Waals surface area (Å²) in [6.07, 6.45) is 0. The van der Waals surface area contributed by atoms with E-state index in [1.54, 1.807) is 0 Å². The van der Waals surface area contributed by atoms with Crippen molar-refractivity contribution < 1.29 is 9.53 Å². The molecule has 0 aromatic carbocycles. The van der Waals surface area contributed by atoms with Crippen molar-refractivity contribution in [1.82, 2.24) is 10.2 Å². The number of rotatable bonds is 2. The SMILES string of the molecule is CC.CC(=O)NCC(C)C.CN1CCOCC1. The minimum absolute atomic E-state index is 0.0544. The highest BCUT2D eigenvalue weighted by atomic mass is 16.5. The highest BCUT2D eigenvalue weighted by Gasteiger charge is 2.02. The van der Waals surface area contributed by atoms with Gasteiger partial charge in [-0.05, 0) is 13.0 Å². The van der Waals surface area contributed by atoms with Gasteiger partial charge in [0.05, 0.1) is 13.2 Å². The Morgan fingerprint density at radius 2 is 1.76 bits per heavy atom. The van der Waals surface area contributed by atoms with Crippen molar-refractivity contribution in [1.29, 1.82) is 0 Å². The molecule has 0 aromatic heterocycles. The molecule has 1 N–H and O–H groups in total. The summed E-state index contributed by atoms with van der Waals surface area (Å²) < 4.78 is 5.10. The van der Waals surface area contributed by atoms with Crippen LogP contribution in [0, 0.1) is 5.92 Å². The highest BCUT2D eigenvalue weighted by molar-refractivity contribution is 5.72. The third-order valence-electron chi connectivity index (χ3n) is 1.99. The molecule has 1 heterocycles. The van der Waals surface area contributed by atoms with Gasteiger partial charge in [0, 0.05) is 26.6 Å². The number of carbonyl (C=O) groups is 1. The molecule has 104 valence electrons. The summed E-state index contributed by atoms with van der Waals surface area (Å²) in [7, 11) is 2.11. The van der Waals surface area contributed by atoms with E-state index in [9.17, 15) is 4.79 Å². The normalized spacial score (nSPS) is 15.2. The van der Waals surface area contributed by atoms with Crippen molar-refractivity contribution >= 4 is 5.91 Å².